The molecule has 2 atom stereocenters. The van der Waals surface area contributed by atoms with Gasteiger partial charge in [0.2, 0.25) is 0 Å². The summed E-state index contributed by atoms with van der Waals surface area (Å²) in [5.41, 5.74) is 0. The van der Waals surface area contributed by atoms with Gasteiger partial charge >= 0.3 is 5.97 Å². The van der Waals surface area contributed by atoms with E-state index in [4.69, 9.17) is 9.84 Å². The first-order chi connectivity index (χ1) is 5.29. The normalized spacial score (nSPS) is 40.2. The van der Waals surface area contributed by atoms with Gasteiger partial charge in [0.05, 0.1) is 13.2 Å². The first kappa shape index (κ1) is 7.10. The Morgan fingerprint density at radius 3 is 2.64 bits per heavy atom. The maximum absolute atomic E-state index is 10.2. The molecule has 62 valence electrons. The van der Waals surface area contributed by atoms with Gasteiger partial charge in [-0.3, -0.25) is 4.79 Å². The summed E-state index contributed by atoms with van der Waals surface area (Å²) in [5, 5.41) is 8.42. The van der Waals surface area contributed by atoms with E-state index in [2.05, 4.69) is 0 Å². The summed E-state index contributed by atoms with van der Waals surface area (Å²) in [5.74, 6) is 1.40. The van der Waals surface area contributed by atoms with Crippen LogP contribution < -0.4 is 0 Å². The second kappa shape index (κ2) is 2.48. The number of carbonyl (C=O) groups is 1. The van der Waals surface area contributed by atoms with Crippen molar-refractivity contribution < 1.29 is 14.6 Å². The molecule has 1 saturated heterocycles. The molecule has 1 aliphatic heterocycles. The lowest BCUT2D eigenvalue weighted by atomic mass is 10.2. The van der Waals surface area contributed by atoms with Gasteiger partial charge in [0.15, 0.2) is 0 Å². The fraction of sp³-hybridized carbons (Fsp3) is 0.875. The van der Waals surface area contributed by atoms with Crippen molar-refractivity contribution in [3.05, 3.63) is 0 Å². The number of carboxylic acids is 1. The molecule has 1 aliphatic carbocycles. The minimum absolute atomic E-state index is 0.331. The number of rotatable bonds is 3. The van der Waals surface area contributed by atoms with Crippen LogP contribution in [0.4, 0.5) is 0 Å². The zero-order valence-corrected chi connectivity index (χ0v) is 6.32. The third-order valence-corrected chi connectivity index (χ3v) is 2.82. The molecule has 0 aromatic carbocycles. The van der Waals surface area contributed by atoms with Crippen LogP contribution in [0.1, 0.15) is 12.8 Å². The molecule has 3 heteroatoms. The molecule has 1 N–H and O–H groups in total. The average molecular weight is 156 g/mol. The Labute approximate surface area is 65.4 Å². The number of hydrogen-bond acceptors (Lipinski definition) is 2. The lowest BCUT2D eigenvalue weighted by Gasteiger charge is -2.00. The Kier molecular flexibility index (Phi) is 1.60. The molecule has 2 unspecified atom stereocenters. The lowest BCUT2D eigenvalue weighted by Crippen LogP contribution is -2.01. The van der Waals surface area contributed by atoms with E-state index in [1.807, 2.05) is 0 Å². The molecule has 1 heterocycles. The fourth-order valence-corrected chi connectivity index (χ4v) is 2.08. The highest BCUT2D eigenvalue weighted by atomic mass is 16.5. The molecule has 2 aliphatic rings. The SMILES string of the molecule is O=C(O)CCC1C2COCC12. The molecular weight excluding hydrogens is 144 g/mol. The van der Waals surface area contributed by atoms with Crippen LogP contribution >= 0.6 is 0 Å². The topological polar surface area (TPSA) is 46.5 Å². The van der Waals surface area contributed by atoms with Crippen molar-refractivity contribution in [1.29, 1.82) is 0 Å². The van der Waals surface area contributed by atoms with Gasteiger partial charge in [-0.25, -0.2) is 0 Å². The van der Waals surface area contributed by atoms with Crippen LogP contribution in [-0.2, 0) is 9.53 Å². The molecule has 1 saturated carbocycles. The molecule has 0 bridgehead atoms. The van der Waals surface area contributed by atoms with Gasteiger partial charge in [0.25, 0.3) is 0 Å². The van der Waals surface area contributed by atoms with Crippen LogP contribution in [0.2, 0.25) is 0 Å². The Bertz CT molecular complexity index is 168. The third-order valence-electron chi connectivity index (χ3n) is 2.82. The second-order valence-corrected chi connectivity index (χ2v) is 3.46. The predicted molar refractivity (Wildman–Crippen MR) is 38.2 cm³/mol. The number of carboxylic acid groups (broad SMARTS) is 1. The summed E-state index contributed by atoms with van der Waals surface area (Å²) in [6, 6.07) is 0. The Hall–Kier alpha value is -0.570. The van der Waals surface area contributed by atoms with E-state index in [-0.39, 0.29) is 0 Å². The van der Waals surface area contributed by atoms with Gasteiger partial charge in [-0.2, -0.15) is 0 Å². The number of ether oxygens (including phenoxy) is 1. The summed E-state index contributed by atoms with van der Waals surface area (Å²) >= 11 is 0. The molecule has 0 spiro atoms. The van der Waals surface area contributed by atoms with E-state index in [0.717, 1.165) is 19.6 Å². The van der Waals surface area contributed by atoms with Gasteiger partial charge in [0, 0.05) is 6.42 Å². The monoisotopic (exact) mass is 156 g/mol. The van der Waals surface area contributed by atoms with Crippen molar-refractivity contribution in [1.82, 2.24) is 0 Å². The summed E-state index contributed by atoms with van der Waals surface area (Å²) in [4.78, 5) is 10.2. The lowest BCUT2D eigenvalue weighted by molar-refractivity contribution is -0.137. The molecule has 0 aromatic heterocycles. The third kappa shape index (κ3) is 1.25. The highest BCUT2D eigenvalue weighted by Crippen LogP contribution is 2.52. The van der Waals surface area contributed by atoms with Gasteiger partial charge in [0.1, 0.15) is 0 Å². The van der Waals surface area contributed by atoms with E-state index in [0.29, 0.717) is 24.2 Å². The molecule has 3 nitrogen and oxygen atoms in total. The van der Waals surface area contributed by atoms with Crippen LogP contribution in [0.15, 0.2) is 0 Å². The van der Waals surface area contributed by atoms with E-state index < -0.39 is 5.97 Å². The average Bonchev–Trinajstić information content (AvgIpc) is 2.44. The Morgan fingerprint density at radius 1 is 1.45 bits per heavy atom. The van der Waals surface area contributed by atoms with Crippen LogP contribution in [0.3, 0.4) is 0 Å². The molecule has 11 heavy (non-hydrogen) atoms. The Morgan fingerprint density at radius 2 is 2.09 bits per heavy atom. The smallest absolute Gasteiger partial charge is 0.303 e. The molecule has 2 rings (SSSR count). The first-order valence-corrected chi connectivity index (χ1v) is 4.08. The summed E-state index contributed by atoms with van der Waals surface area (Å²) in [7, 11) is 0. The Balaban J connectivity index is 1.71. The van der Waals surface area contributed by atoms with Crippen LogP contribution in [0.25, 0.3) is 0 Å². The highest BCUT2D eigenvalue weighted by molar-refractivity contribution is 5.66. The van der Waals surface area contributed by atoms with E-state index in [9.17, 15) is 4.79 Å². The van der Waals surface area contributed by atoms with Crippen molar-refractivity contribution in [2.75, 3.05) is 13.2 Å². The summed E-state index contributed by atoms with van der Waals surface area (Å²) in [6.45, 7) is 1.74. The molecule has 0 radical (unpaired) electrons. The van der Waals surface area contributed by atoms with Gasteiger partial charge in [-0.05, 0) is 24.2 Å². The standard InChI is InChI=1S/C8H12O3/c9-8(10)2-1-5-6-3-11-4-7(5)6/h5-7H,1-4H2,(H,9,10). The van der Waals surface area contributed by atoms with Gasteiger partial charge < -0.3 is 9.84 Å². The molecule has 0 amide bonds. The molecule has 0 aromatic rings. The zero-order valence-electron chi connectivity index (χ0n) is 6.32. The van der Waals surface area contributed by atoms with E-state index >= 15 is 0 Å². The van der Waals surface area contributed by atoms with Gasteiger partial charge in [-0.1, -0.05) is 0 Å². The number of fused-ring (bicyclic) bond motifs is 1. The van der Waals surface area contributed by atoms with Crippen molar-refractivity contribution in [3.8, 4) is 0 Å². The number of hydrogen-bond donors (Lipinski definition) is 1. The van der Waals surface area contributed by atoms with Crippen molar-refractivity contribution >= 4 is 5.97 Å². The summed E-state index contributed by atoms with van der Waals surface area (Å²) in [6.07, 6.45) is 1.19. The number of aliphatic carboxylic acids is 1. The largest absolute Gasteiger partial charge is 0.481 e. The maximum Gasteiger partial charge on any atom is 0.303 e. The minimum atomic E-state index is -0.670. The van der Waals surface area contributed by atoms with Crippen molar-refractivity contribution in [3.63, 3.8) is 0 Å². The quantitative estimate of drug-likeness (QED) is 0.655. The predicted octanol–water partition coefficient (Wildman–Crippen LogP) is 0.744. The zero-order chi connectivity index (χ0) is 7.84. The first-order valence-electron chi connectivity index (χ1n) is 4.08. The summed E-state index contributed by atoms with van der Waals surface area (Å²) < 4.78 is 5.20. The van der Waals surface area contributed by atoms with Crippen molar-refractivity contribution in [2.24, 2.45) is 17.8 Å². The minimum Gasteiger partial charge on any atom is -0.481 e. The molecule has 2 fully saturated rings. The van der Waals surface area contributed by atoms with Crippen LogP contribution in [0, 0.1) is 17.8 Å². The van der Waals surface area contributed by atoms with E-state index in [1.165, 1.54) is 0 Å². The van der Waals surface area contributed by atoms with E-state index in [1.54, 1.807) is 0 Å². The maximum atomic E-state index is 10.2. The fourth-order valence-electron chi connectivity index (χ4n) is 2.08. The van der Waals surface area contributed by atoms with Crippen molar-refractivity contribution in [2.45, 2.75) is 12.8 Å². The van der Waals surface area contributed by atoms with Crippen LogP contribution in [-0.4, -0.2) is 24.3 Å². The van der Waals surface area contributed by atoms with Gasteiger partial charge in [-0.15, -0.1) is 0 Å². The highest BCUT2D eigenvalue weighted by Gasteiger charge is 2.53. The second-order valence-electron chi connectivity index (χ2n) is 3.46. The molecular formula is C8H12O3. The van der Waals surface area contributed by atoms with Crippen LogP contribution in [0.5, 0.6) is 0 Å².